The number of anilines is 1. The first-order valence-corrected chi connectivity index (χ1v) is 9.36. The highest BCUT2D eigenvalue weighted by atomic mass is 19.4. The summed E-state index contributed by atoms with van der Waals surface area (Å²) >= 11 is 0. The molecule has 1 aliphatic heterocycles. The Hall–Kier alpha value is -3.86. The van der Waals surface area contributed by atoms with Crippen molar-refractivity contribution in [3.63, 3.8) is 0 Å². The number of hydrogen-bond donors (Lipinski definition) is 3. The molecular weight excluding hydrogens is 405 g/mol. The largest absolute Gasteiger partial charge is 0.416 e. The molecule has 1 unspecified atom stereocenters. The van der Waals surface area contributed by atoms with E-state index in [-0.39, 0.29) is 11.6 Å². The summed E-state index contributed by atoms with van der Waals surface area (Å²) in [5.41, 5.74) is 0.908. The smallest absolute Gasteiger partial charge is 0.355 e. The van der Waals surface area contributed by atoms with Crippen LogP contribution in [0.3, 0.4) is 0 Å². The highest BCUT2D eigenvalue weighted by molar-refractivity contribution is 6.05. The highest BCUT2D eigenvalue weighted by Gasteiger charge is 2.30. The van der Waals surface area contributed by atoms with Crippen molar-refractivity contribution < 1.29 is 18.0 Å². The highest BCUT2D eigenvalue weighted by Crippen LogP contribution is 2.29. The number of carbonyl (C=O) groups excluding carboxylic acids is 1. The molecule has 1 heterocycles. The van der Waals surface area contributed by atoms with Gasteiger partial charge in [-0.15, -0.1) is 0 Å². The van der Waals surface area contributed by atoms with Crippen LogP contribution >= 0.6 is 0 Å². The quantitative estimate of drug-likeness (QED) is 0.508. The molecule has 1 atom stereocenters. The standard InChI is InChI=1S/C23H19F3N4O/c1-15-16(10-11-19-14-28-21(29-19)9-4-12-27)5-3-8-20(15)30-22(31)17-6-2-7-18(13-17)23(24,25)26/h2-9,12-13,19,27H,14H2,1H3,(H,28,29)(H,30,31)/b9-4-,27-12?. The molecule has 2 aromatic rings. The lowest BCUT2D eigenvalue weighted by Gasteiger charge is -2.12. The van der Waals surface area contributed by atoms with Gasteiger partial charge in [-0.05, 0) is 55.0 Å². The van der Waals surface area contributed by atoms with Gasteiger partial charge in [0.05, 0.1) is 12.1 Å². The second-order valence-corrected chi connectivity index (χ2v) is 6.73. The Bertz CT molecular complexity index is 1120. The fourth-order valence-electron chi connectivity index (χ4n) is 2.88. The van der Waals surface area contributed by atoms with E-state index in [4.69, 9.17) is 5.41 Å². The van der Waals surface area contributed by atoms with Crippen LogP contribution in [0.25, 0.3) is 0 Å². The molecule has 2 aromatic carbocycles. The Balaban J connectivity index is 1.73. The van der Waals surface area contributed by atoms with Crippen LogP contribution in [0.4, 0.5) is 18.9 Å². The maximum atomic E-state index is 12.9. The van der Waals surface area contributed by atoms with Crippen molar-refractivity contribution >= 4 is 23.6 Å². The third-order valence-corrected chi connectivity index (χ3v) is 4.53. The van der Waals surface area contributed by atoms with Crippen molar-refractivity contribution in [2.45, 2.75) is 19.1 Å². The first-order valence-electron chi connectivity index (χ1n) is 9.36. The van der Waals surface area contributed by atoms with Crippen LogP contribution in [0.1, 0.15) is 27.0 Å². The average Bonchev–Trinajstić information content (AvgIpc) is 3.20. The van der Waals surface area contributed by atoms with Crippen molar-refractivity contribution in [3.05, 3.63) is 76.9 Å². The Morgan fingerprint density at radius 2 is 2.06 bits per heavy atom. The van der Waals surface area contributed by atoms with Gasteiger partial charge in [0.15, 0.2) is 0 Å². The van der Waals surface area contributed by atoms with Crippen molar-refractivity contribution in [1.29, 1.82) is 5.41 Å². The van der Waals surface area contributed by atoms with E-state index in [1.54, 1.807) is 37.3 Å². The number of halogens is 3. The molecule has 0 saturated heterocycles. The lowest BCUT2D eigenvalue weighted by atomic mass is 10.1. The number of aliphatic imine (C=N–C) groups is 1. The second kappa shape index (κ2) is 9.30. The minimum atomic E-state index is -4.52. The molecule has 0 aromatic heterocycles. The number of carbonyl (C=O) groups is 1. The zero-order valence-corrected chi connectivity index (χ0v) is 16.5. The van der Waals surface area contributed by atoms with Gasteiger partial charge in [0, 0.05) is 23.0 Å². The molecule has 3 rings (SSSR count). The third-order valence-electron chi connectivity index (χ3n) is 4.53. The minimum absolute atomic E-state index is 0.0801. The van der Waals surface area contributed by atoms with Gasteiger partial charge in [-0.25, -0.2) is 0 Å². The number of nitrogens with one attached hydrogen (secondary N) is 3. The van der Waals surface area contributed by atoms with E-state index < -0.39 is 17.6 Å². The molecule has 5 nitrogen and oxygen atoms in total. The fraction of sp³-hybridized carbons (Fsp3) is 0.174. The van der Waals surface area contributed by atoms with Gasteiger partial charge in [0.25, 0.3) is 5.91 Å². The molecule has 1 amide bonds. The van der Waals surface area contributed by atoms with Gasteiger partial charge >= 0.3 is 6.18 Å². The van der Waals surface area contributed by atoms with Crippen molar-refractivity contribution in [2.24, 2.45) is 4.99 Å². The Labute approximate surface area is 177 Å². The summed E-state index contributed by atoms with van der Waals surface area (Å²) in [6.45, 7) is 2.26. The van der Waals surface area contributed by atoms with Gasteiger partial charge in [0.2, 0.25) is 0 Å². The minimum Gasteiger partial charge on any atom is -0.355 e. The second-order valence-electron chi connectivity index (χ2n) is 6.73. The summed E-state index contributed by atoms with van der Waals surface area (Å²) in [7, 11) is 0. The normalized spacial score (nSPS) is 15.6. The summed E-state index contributed by atoms with van der Waals surface area (Å²) in [6.07, 6.45) is -0.118. The molecule has 0 spiro atoms. The van der Waals surface area contributed by atoms with E-state index in [0.29, 0.717) is 29.2 Å². The summed E-state index contributed by atoms with van der Waals surface area (Å²) in [4.78, 5) is 16.8. The maximum absolute atomic E-state index is 12.9. The topological polar surface area (TPSA) is 77.3 Å². The summed E-state index contributed by atoms with van der Waals surface area (Å²) in [5.74, 6) is 6.16. The maximum Gasteiger partial charge on any atom is 0.416 e. The molecule has 8 heteroatoms. The SMILES string of the molecule is Cc1c(C#CC2CN=C(/C=C\C=N)N2)cccc1NC(=O)c1cccc(C(F)(F)F)c1. The number of allylic oxidation sites excluding steroid dienone is 1. The fourth-order valence-corrected chi connectivity index (χ4v) is 2.88. The van der Waals surface area contributed by atoms with Crippen LogP contribution in [0.2, 0.25) is 0 Å². The van der Waals surface area contributed by atoms with E-state index in [1.165, 1.54) is 12.1 Å². The number of amides is 1. The zero-order valence-electron chi connectivity index (χ0n) is 16.5. The van der Waals surface area contributed by atoms with Crippen LogP contribution in [0.15, 0.2) is 59.6 Å². The van der Waals surface area contributed by atoms with E-state index in [0.717, 1.165) is 18.3 Å². The van der Waals surface area contributed by atoms with E-state index >= 15 is 0 Å². The van der Waals surface area contributed by atoms with Crippen LogP contribution < -0.4 is 10.6 Å². The first-order chi connectivity index (χ1) is 14.8. The van der Waals surface area contributed by atoms with E-state index in [2.05, 4.69) is 27.5 Å². The van der Waals surface area contributed by atoms with Crippen molar-refractivity contribution in [2.75, 3.05) is 11.9 Å². The summed E-state index contributed by atoms with van der Waals surface area (Å²) < 4.78 is 38.7. The van der Waals surface area contributed by atoms with Gasteiger partial charge in [-0.2, -0.15) is 13.2 Å². The predicted octanol–water partition coefficient (Wildman–Crippen LogP) is 4.19. The molecule has 0 fully saturated rings. The van der Waals surface area contributed by atoms with Crippen LogP contribution in [-0.2, 0) is 6.18 Å². The number of nitrogens with zero attached hydrogens (tertiary/aromatic N) is 1. The Kier molecular flexibility index (Phi) is 6.55. The van der Waals surface area contributed by atoms with Crippen LogP contribution in [-0.4, -0.2) is 30.5 Å². The predicted molar refractivity (Wildman–Crippen MR) is 115 cm³/mol. The number of alkyl halides is 3. The van der Waals surface area contributed by atoms with Crippen molar-refractivity contribution in [1.82, 2.24) is 5.32 Å². The Morgan fingerprint density at radius 1 is 1.29 bits per heavy atom. The molecule has 31 heavy (non-hydrogen) atoms. The molecule has 3 N–H and O–H groups in total. The lowest BCUT2D eigenvalue weighted by Crippen LogP contribution is -2.27. The number of hydrogen-bond acceptors (Lipinski definition) is 4. The molecule has 0 bridgehead atoms. The molecule has 1 aliphatic rings. The van der Waals surface area contributed by atoms with Gasteiger partial charge in [-0.1, -0.05) is 24.0 Å². The third kappa shape index (κ3) is 5.60. The first kappa shape index (κ1) is 21.8. The van der Waals surface area contributed by atoms with Gasteiger partial charge in [0.1, 0.15) is 11.9 Å². The van der Waals surface area contributed by atoms with Gasteiger partial charge in [-0.3, -0.25) is 9.79 Å². The summed E-state index contributed by atoms with van der Waals surface area (Å²) in [5, 5.41) is 12.8. The number of rotatable bonds is 4. The van der Waals surface area contributed by atoms with E-state index in [1.807, 2.05) is 0 Å². The molecule has 0 aliphatic carbocycles. The average molecular weight is 424 g/mol. The van der Waals surface area contributed by atoms with Crippen LogP contribution in [0, 0.1) is 24.2 Å². The van der Waals surface area contributed by atoms with Crippen LogP contribution in [0.5, 0.6) is 0 Å². The number of benzene rings is 2. The van der Waals surface area contributed by atoms with E-state index in [9.17, 15) is 18.0 Å². The lowest BCUT2D eigenvalue weighted by molar-refractivity contribution is -0.137. The summed E-state index contributed by atoms with van der Waals surface area (Å²) in [6, 6.07) is 9.30. The Morgan fingerprint density at radius 3 is 2.81 bits per heavy atom. The van der Waals surface area contributed by atoms with Crippen molar-refractivity contribution in [3.8, 4) is 11.8 Å². The monoisotopic (exact) mass is 424 g/mol. The molecular formula is C23H19F3N4O. The van der Waals surface area contributed by atoms with Gasteiger partial charge < -0.3 is 16.0 Å². The molecule has 158 valence electrons. The molecule has 0 saturated carbocycles. The molecule has 0 radical (unpaired) electrons. The number of amidine groups is 1. The zero-order chi connectivity index (χ0) is 22.4.